The standard InChI is InChI=1S/C20H13F6N3/c1-11-16(12-2-6-14(7-3-12)19(21,22)23)18-17(27-10-29(18)28-11)13-4-8-15(9-5-13)20(24,25)26/h2-9H,10H2,1H3. The second-order valence-corrected chi connectivity index (χ2v) is 6.61. The maximum absolute atomic E-state index is 12.8. The van der Waals surface area contributed by atoms with Gasteiger partial charge in [-0.3, -0.25) is 4.99 Å². The summed E-state index contributed by atoms with van der Waals surface area (Å²) in [7, 11) is 0. The number of hydrogen-bond acceptors (Lipinski definition) is 2. The second-order valence-electron chi connectivity index (χ2n) is 6.61. The molecule has 0 amide bonds. The number of aryl methyl sites for hydroxylation is 1. The molecule has 0 saturated carbocycles. The van der Waals surface area contributed by atoms with Gasteiger partial charge in [0.15, 0.2) is 0 Å². The molecule has 0 unspecified atom stereocenters. The van der Waals surface area contributed by atoms with Gasteiger partial charge in [-0.05, 0) is 36.8 Å². The third-order valence-electron chi connectivity index (χ3n) is 4.70. The average molecular weight is 409 g/mol. The average Bonchev–Trinajstić information content (AvgIpc) is 3.18. The molecule has 0 radical (unpaired) electrons. The molecule has 3 aromatic rings. The van der Waals surface area contributed by atoms with Crippen molar-refractivity contribution in [3.63, 3.8) is 0 Å². The zero-order chi connectivity index (χ0) is 21.0. The molecule has 0 fully saturated rings. The van der Waals surface area contributed by atoms with E-state index in [2.05, 4.69) is 10.1 Å². The topological polar surface area (TPSA) is 30.2 Å². The fourth-order valence-corrected chi connectivity index (χ4v) is 3.35. The van der Waals surface area contributed by atoms with E-state index in [1.807, 2.05) is 0 Å². The van der Waals surface area contributed by atoms with E-state index in [0.29, 0.717) is 33.8 Å². The minimum Gasteiger partial charge on any atom is -0.259 e. The van der Waals surface area contributed by atoms with Crippen molar-refractivity contribution in [1.29, 1.82) is 0 Å². The fourth-order valence-electron chi connectivity index (χ4n) is 3.35. The summed E-state index contributed by atoms with van der Waals surface area (Å²) in [5.74, 6) is 0. The fraction of sp³-hybridized carbons (Fsp3) is 0.200. The number of alkyl halides is 6. The van der Waals surface area contributed by atoms with E-state index in [4.69, 9.17) is 0 Å². The van der Waals surface area contributed by atoms with Crippen LogP contribution in [0.1, 0.15) is 28.1 Å². The van der Waals surface area contributed by atoms with Crippen molar-refractivity contribution in [3.05, 3.63) is 76.6 Å². The smallest absolute Gasteiger partial charge is 0.259 e. The van der Waals surface area contributed by atoms with E-state index < -0.39 is 23.5 Å². The first-order valence-electron chi connectivity index (χ1n) is 8.53. The molecule has 4 rings (SSSR count). The highest BCUT2D eigenvalue weighted by atomic mass is 19.4. The van der Waals surface area contributed by atoms with Gasteiger partial charge in [-0.15, -0.1) is 0 Å². The molecular formula is C20H13F6N3. The Morgan fingerprint density at radius 3 is 1.72 bits per heavy atom. The molecule has 9 heteroatoms. The molecule has 1 aliphatic heterocycles. The lowest BCUT2D eigenvalue weighted by atomic mass is 9.96. The number of aliphatic imine (C=N–C) groups is 1. The van der Waals surface area contributed by atoms with Gasteiger partial charge in [0.25, 0.3) is 0 Å². The predicted octanol–water partition coefficient (Wildman–Crippen LogP) is 5.70. The van der Waals surface area contributed by atoms with E-state index in [1.165, 1.54) is 24.3 Å². The second kappa shape index (κ2) is 6.47. The Bertz CT molecular complexity index is 1090. The van der Waals surface area contributed by atoms with Crippen molar-refractivity contribution in [2.45, 2.75) is 25.9 Å². The van der Waals surface area contributed by atoms with Crippen LogP contribution in [0.25, 0.3) is 11.1 Å². The first-order chi connectivity index (χ1) is 13.6. The van der Waals surface area contributed by atoms with Gasteiger partial charge in [-0.25, -0.2) is 4.68 Å². The third-order valence-corrected chi connectivity index (χ3v) is 4.70. The van der Waals surface area contributed by atoms with E-state index in [9.17, 15) is 26.3 Å². The lowest BCUT2D eigenvalue weighted by Gasteiger charge is -2.10. The highest BCUT2D eigenvalue weighted by molar-refractivity contribution is 6.16. The van der Waals surface area contributed by atoms with Crippen molar-refractivity contribution >= 4 is 5.71 Å². The van der Waals surface area contributed by atoms with Gasteiger partial charge in [0.2, 0.25) is 0 Å². The number of fused-ring (bicyclic) bond motifs is 1. The molecule has 0 N–H and O–H groups in total. The Hall–Kier alpha value is -3.10. The molecule has 0 bridgehead atoms. The maximum Gasteiger partial charge on any atom is 0.416 e. The van der Waals surface area contributed by atoms with Crippen molar-refractivity contribution in [2.24, 2.45) is 4.99 Å². The van der Waals surface area contributed by atoms with Crippen LogP contribution in [0.4, 0.5) is 26.3 Å². The Kier molecular flexibility index (Phi) is 4.29. The zero-order valence-corrected chi connectivity index (χ0v) is 14.9. The van der Waals surface area contributed by atoms with Gasteiger partial charge in [0.05, 0.1) is 28.2 Å². The number of hydrogen-bond donors (Lipinski definition) is 0. The van der Waals surface area contributed by atoms with Crippen LogP contribution in [0.3, 0.4) is 0 Å². The molecule has 2 heterocycles. The van der Waals surface area contributed by atoms with Crippen LogP contribution >= 0.6 is 0 Å². The first-order valence-corrected chi connectivity index (χ1v) is 8.53. The SMILES string of the molecule is Cc1nn2c(c1-c1ccc(C(F)(F)F)cc1)C(c1ccc(C(F)(F)F)cc1)=NC2. The van der Waals surface area contributed by atoms with Crippen LogP contribution in [0.2, 0.25) is 0 Å². The summed E-state index contributed by atoms with van der Waals surface area (Å²) in [4.78, 5) is 4.37. The van der Waals surface area contributed by atoms with E-state index >= 15 is 0 Å². The van der Waals surface area contributed by atoms with Gasteiger partial charge < -0.3 is 0 Å². The molecule has 0 saturated heterocycles. The number of rotatable bonds is 2. The number of nitrogens with zero attached hydrogens (tertiary/aromatic N) is 3. The van der Waals surface area contributed by atoms with Crippen molar-refractivity contribution < 1.29 is 26.3 Å². The van der Waals surface area contributed by atoms with Gasteiger partial charge in [0.1, 0.15) is 6.67 Å². The largest absolute Gasteiger partial charge is 0.416 e. The minimum atomic E-state index is -4.44. The molecule has 29 heavy (non-hydrogen) atoms. The Labute approximate surface area is 161 Å². The monoisotopic (exact) mass is 409 g/mol. The number of halogens is 6. The van der Waals surface area contributed by atoms with Crippen molar-refractivity contribution in [1.82, 2.24) is 9.78 Å². The molecule has 150 valence electrons. The van der Waals surface area contributed by atoms with E-state index in [1.54, 1.807) is 11.6 Å². The van der Waals surface area contributed by atoms with Crippen molar-refractivity contribution in [3.8, 4) is 11.1 Å². The summed E-state index contributed by atoms with van der Waals surface area (Å²) >= 11 is 0. The quantitative estimate of drug-likeness (QED) is 0.499. The highest BCUT2D eigenvalue weighted by Crippen LogP contribution is 2.36. The van der Waals surface area contributed by atoms with E-state index in [0.717, 1.165) is 24.3 Å². The summed E-state index contributed by atoms with van der Waals surface area (Å²) in [6.45, 7) is 1.91. The van der Waals surface area contributed by atoms with Gasteiger partial charge >= 0.3 is 12.4 Å². The molecule has 0 spiro atoms. The summed E-state index contributed by atoms with van der Waals surface area (Å²) in [6, 6.07) is 9.30. The Morgan fingerprint density at radius 2 is 1.24 bits per heavy atom. The van der Waals surface area contributed by atoms with E-state index in [-0.39, 0.29) is 6.67 Å². The van der Waals surface area contributed by atoms with Crippen LogP contribution < -0.4 is 0 Å². The summed E-state index contributed by atoms with van der Waals surface area (Å²) < 4.78 is 78.6. The number of aromatic nitrogens is 2. The normalized spacial score (nSPS) is 14.1. The Balaban J connectivity index is 1.75. The molecule has 1 aliphatic rings. The molecule has 1 aromatic heterocycles. The zero-order valence-electron chi connectivity index (χ0n) is 14.9. The highest BCUT2D eigenvalue weighted by Gasteiger charge is 2.32. The van der Waals surface area contributed by atoms with Gasteiger partial charge in [0, 0.05) is 11.1 Å². The molecule has 0 atom stereocenters. The van der Waals surface area contributed by atoms with Crippen LogP contribution in [-0.4, -0.2) is 15.5 Å². The predicted molar refractivity (Wildman–Crippen MR) is 94.5 cm³/mol. The number of benzene rings is 2. The van der Waals surface area contributed by atoms with Crippen LogP contribution in [0, 0.1) is 6.92 Å². The maximum atomic E-state index is 12.8. The van der Waals surface area contributed by atoms with Crippen molar-refractivity contribution in [2.75, 3.05) is 0 Å². The van der Waals surface area contributed by atoms with Gasteiger partial charge in [-0.1, -0.05) is 24.3 Å². The van der Waals surface area contributed by atoms with Crippen LogP contribution in [0.5, 0.6) is 0 Å². The lowest BCUT2D eigenvalue weighted by molar-refractivity contribution is -0.138. The van der Waals surface area contributed by atoms with Crippen LogP contribution in [0.15, 0.2) is 53.5 Å². The molecule has 3 nitrogen and oxygen atoms in total. The van der Waals surface area contributed by atoms with Gasteiger partial charge in [-0.2, -0.15) is 31.4 Å². The molecular weight excluding hydrogens is 396 g/mol. The summed E-state index contributed by atoms with van der Waals surface area (Å²) in [5.41, 5.74) is 1.69. The first kappa shape index (κ1) is 19.2. The molecule has 0 aliphatic carbocycles. The van der Waals surface area contributed by atoms with Crippen LogP contribution in [-0.2, 0) is 19.0 Å². The molecule has 2 aromatic carbocycles. The third kappa shape index (κ3) is 3.41. The summed E-state index contributed by atoms with van der Waals surface area (Å²) in [6.07, 6.45) is -8.89. The minimum absolute atomic E-state index is 0.188. The Morgan fingerprint density at radius 1 is 0.759 bits per heavy atom. The lowest BCUT2D eigenvalue weighted by Crippen LogP contribution is -2.08. The summed E-state index contributed by atoms with van der Waals surface area (Å²) in [5, 5.41) is 4.37.